The van der Waals surface area contributed by atoms with Crippen LogP contribution in [0.5, 0.6) is 0 Å². The van der Waals surface area contributed by atoms with Crippen molar-refractivity contribution in [2.24, 2.45) is 0 Å². The second-order valence-corrected chi connectivity index (χ2v) is 4.35. The normalized spacial score (nSPS) is 26.1. The third kappa shape index (κ3) is 1.92. The Labute approximate surface area is 79.7 Å². The number of benzene rings is 1. The fourth-order valence-corrected chi connectivity index (χ4v) is 1.67. The van der Waals surface area contributed by atoms with Crippen molar-refractivity contribution >= 4 is 0 Å². The van der Waals surface area contributed by atoms with Crippen molar-refractivity contribution < 1.29 is 4.74 Å². The van der Waals surface area contributed by atoms with E-state index in [1.54, 1.807) is 0 Å². The van der Waals surface area contributed by atoms with Crippen LogP contribution in [0.4, 0.5) is 0 Å². The molecule has 1 nitrogen and oxygen atoms in total. The van der Waals surface area contributed by atoms with Gasteiger partial charge < -0.3 is 4.74 Å². The molecule has 1 saturated heterocycles. The predicted molar refractivity (Wildman–Crippen MR) is 54.0 cm³/mol. The first kappa shape index (κ1) is 8.76. The minimum absolute atomic E-state index is 0.139. The summed E-state index contributed by atoms with van der Waals surface area (Å²) in [4.78, 5) is 0. The standard InChI is InChI=1S/C12H16O/c1-9-4-5-11(10(2)6-9)7-12(3)8-13-12/h4-6H,7-8H2,1-3H3. The van der Waals surface area contributed by atoms with E-state index in [-0.39, 0.29) is 5.60 Å². The zero-order chi connectivity index (χ0) is 9.47. The number of aryl methyl sites for hydroxylation is 2. The summed E-state index contributed by atoms with van der Waals surface area (Å²) in [6, 6.07) is 6.63. The van der Waals surface area contributed by atoms with Crippen LogP contribution in [0.1, 0.15) is 23.6 Å². The fourth-order valence-electron chi connectivity index (χ4n) is 1.67. The lowest BCUT2D eigenvalue weighted by Gasteiger charge is -2.09. The summed E-state index contributed by atoms with van der Waals surface area (Å²) in [6.07, 6.45) is 1.05. The Balaban J connectivity index is 2.20. The molecule has 0 saturated carbocycles. The molecule has 1 heterocycles. The Bertz CT molecular complexity index is 324. The monoisotopic (exact) mass is 176 g/mol. The van der Waals surface area contributed by atoms with Gasteiger partial charge in [-0.2, -0.15) is 0 Å². The van der Waals surface area contributed by atoms with E-state index in [4.69, 9.17) is 4.74 Å². The topological polar surface area (TPSA) is 12.5 Å². The van der Waals surface area contributed by atoms with Crippen molar-refractivity contribution in [2.45, 2.75) is 32.8 Å². The van der Waals surface area contributed by atoms with Gasteiger partial charge in [0.1, 0.15) is 0 Å². The molecular formula is C12H16O. The van der Waals surface area contributed by atoms with Crippen LogP contribution in [0.15, 0.2) is 18.2 Å². The van der Waals surface area contributed by atoms with Crippen molar-refractivity contribution in [3.8, 4) is 0 Å². The van der Waals surface area contributed by atoms with E-state index in [0.29, 0.717) is 0 Å². The first-order chi connectivity index (χ1) is 6.09. The Hall–Kier alpha value is -0.820. The van der Waals surface area contributed by atoms with Gasteiger partial charge in [-0.15, -0.1) is 0 Å². The van der Waals surface area contributed by atoms with E-state index in [9.17, 15) is 0 Å². The number of ether oxygens (including phenoxy) is 1. The Kier molecular flexibility index (Phi) is 1.92. The molecule has 0 aromatic heterocycles. The molecule has 1 heteroatoms. The maximum absolute atomic E-state index is 5.39. The minimum atomic E-state index is 0.139. The van der Waals surface area contributed by atoms with Gasteiger partial charge in [0.25, 0.3) is 0 Å². The average molecular weight is 176 g/mol. The average Bonchev–Trinajstić information content (AvgIpc) is 2.75. The van der Waals surface area contributed by atoms with Crippen molar-refractivity contribution in [1.82, 2.24) is 0 Å². The fraction of sp³-hybridized carbons (Fsp3) is 0.500. The van der Waals surface area contributed by atoms with Crippen LogP contribution in [-0.4, -0.2) is 12.2 Å². The molecule has 0 aliphatic carbocycles. The molecule has 1 aromatic rings. The lowest BCUT2D eigenvalue weighted by molar-refractivity contribution is 0.322. The van der Waals surface area contributed by atoms with Gasteiger partial charge in [-0.05, 0) is 31.9 Å². The van der Waals surface area contributed by atoms with Crippen LogP contribution in [0.25, 0.3) is 0 Å². The summed E-state index contributed by atoms with van der Waals surface area (Å²) >= 11 is 0. The summed E-state index contributed by atoms with van der Waals surface area (Å²) in [5, 5.41) is 0. The summed E-state index contributed by atoms with van der Waals surface area (Å²) < 4.78 is 5.39. The van der Waals surface area contributed by atoms with Crippen LogP contribution >= 0.6 is 0 Å². The van der Waals surface area contributed by atoms with E-state index in [0.717, 1.165) is 13.0 Å². The third-order valence-electron chi connectivity index (χ3n) is 2.70. The van der Waals surface area contributed by atoms with Gasteiger partial charge >= 0.3 is 0 Å². The van der Waals surface area contributed by atoms with E-state index >= 15 is 0 Å². The summed E-state index contributed by atoms with van der Waals surface area (Å²) in [5.74, 6) is 0. The lowest BCUT2D eigenvalue weighted by Crippen LogP contribution is -2.09. The minimum Gasteiger partial charge on any atom is -0.370 e. The van der Waals surface area contributed by atoms with E-state index < -0.39 is 0 Å². The highest BCUT2D eigenvalue weighted by atomic mass is 16.6. The summed E-state index contributed by atoms with van der Waals surface area (Å²) in [5.41, 5.74) is 4.28. The Morgan fingerprint density at radius 2 is 2.08 bits per heavy atom. The van der Waals surface area contributed by atoms with E-state index in [1.165, 1.54) is 16.7 Å². The molecule has 1 aromatic carbocycles. The van der Waals surface area contributed by atoms with Gasteiger partial charge in [-0.25, -0.2) is 0 Å². The maximum atomic E-state index is 5.39. The van der Waals surface area contributed by atoms with Gasteiger partial charge in [0.05, 0.1) is 12.2 Å². The third-order valence-corrected chi connectivity index (χ3v) is 2.70. The Morgan fingerprint density at radius 1 is 1.38 bits per heavy atom. The van der Waals surface area contributed by atoms with Gasteiger partial charge in [-0.3, -0.25) is 0 Å². The number of epoxide rings is 1. The first-order valence-corrected chi connectivity index (χ1v) is 4.79. The lowest BCUT2D eigenvalue weighted by atomic mass is 9.97. The molecule has 1 aliphatic heterocycles. The molecule has 0 spiro atoms. The van der Waals surface area contributed by atoms with Crippen molar-refractivity contribution in [3.63, 3.8) is 0 Å². The highest BCUT2D eigenvalue weighted by Gasteiger charge is 2.39. The van der Waals surface area contributed by atoms with Crippen LogP contribution in [0.2, 0.25) is 0 Å². The SMILES string of the molecule is Cc1ccc(CC2(C)CO2)c(C)c1. The predicted octanol–water partition coefficient (Wildman–Crippen LogP) is 2.63. The molecule has 70 valence electrons. The van der Waals surface area contributed by atoms with Crippen LogP contribution < -0.4 is 0 Å². The maximum Gasteiger partial charge on any atom is 0.0928 e. The van der Waals surface area contributed by atoms with Gasteiger partial charge in [0.2, 0.25) is 0 Å². The zero-order valence-electron chi connectivity index (χ0n) is 8.55. The second-order valence-electron chi connectivity index (χ2n) is 4.35. The first-order valence-electron chi connectivity index (χ1n) is 4.79. The van der Waals surface area contributed by atoms with Gasteiger partial charge in [-0.1, -0.05) is 23.8 Å². The van der Waals surface area contributed by atoms with Crippen LogP contribution in [0, 0.1) is 13.8 Å². The van der Waals surface area contributed by atoms with Gasteiger partial charge in [0, 0.05) is 6.42 Å². The Morgan fingerprint density at radius 3 is 2.62 bits per heavy atom. The molecule has 0 N–H and O–H groups in total. The smallest absolute Gasteiger partial charge is 0.0928 e. The van der Waals surface area contributed by atoms with E-state index in [2.05, 4.69) is 39.0 Å². The highest BCUT2D eigenvalue weighted by molar-refractivity contribution is 5.32. The molecule has 0 radical (unpaired) electrons. The van der Waals surface area contributed by atoms with Crippen molar-refractivity contribution in [1.29, 1.82) is 0 Å². The molecule has 1 aliphatic rings. The van der Waals surface area contributed by atoms with Crippen LogP contribution in [-0.2, 0) is 11.2 Å². The highest BCUT2D eigenvalue weighted by Crippen LogP contribution is 2.31. The molecule has 13 heavy (non-hydrogen) atoms. The van der Waals surface area contributed by atoms with Gasteiger partial charge in [0.15, 0.2) is 0 Å². The second kappa shape index (κ2) is 2.85. The molecule has 1 atom stereocenters. The van der Waals surface area contributed by atoms with E-state index in [1.807, 2.05) is 0 Å². The van der Waals surface area contributed by atoms with Crippen molar-refractivity contribution in [2.75, 3.05) is 6.61 Å². The molecule has 0 amide bonds. The number of rotatable bonds is 2. The van der Waals surface area contributed by atoms with Crippen molar-refractivity contribution in [3.05, 3.63) is 34.9 Å². The molecular weight excluding hydrogens is 160 g/mol. The molecule has 1 unspecified atom stereocenters. The number of hydrogen-bond acceptors (Lipinski definition) is 1. The zero-order valence-corrected chi connectivity index (χ0v) is 8.55. The van der Waals surface area contributed by atoms with Crippen LogP contribution in [0.3, 0.4) is 0 Å². The molecule has 1 fully saturated rings. The molecule has 0 bridgehead atoms. The number of hydrogen-bond donors (Lipinski definition) is 0. The summed E-state index contributed by atoms with van der Waals surface area (Å²) in [7, 11) is 0. The largest absolute Gasteiger partial charge is 0.370 e. The quantitative estimate of drug-likeness (QED) is 0.631. The summed E-state index contributed by atoms with van der Waals surface area (Å²) in [6.45, 7) is 7.40. The molecule has 2 rings (SSSR count).